The van der Waals surface area contributed by atoms with Crippen LogP contribution in [0.15, 0.2) is 267 Å². The molecular weight excluding hydrogens is 797 g/mol. The molecular formula is C64H44N2. The molecule has 0 saturated heterocycles. The van der Waals surface area contributed by atoms with Gasteiger partial charge in [-0.1, -0.05) is 206 Å². The molecule has 0 fully saturated rings. The van der Waals surface area contributed by atoms with E-state index in [0.29, 0.717) is 0 Å². The third kappa shape index (κ3) is 6.93. The lowest BCUT2D eigenvalue weighted by molar-refractivity contribution is 1.17. The molecule has 0 amide bonds. The third-order valence-corrected chi connectivity index (χ3v) is 13.0. The van der Waals surface area contributed by atoms with Crippen molar-refractivity contribution in [3.63, 3.8) is 0 Å². The molecule has 2 nitrogen and oxygen atoms in total. The highest BCUT2D eigenvalue weighted by Gasteiger charge is 2.23. The van der Waals surface area contributed by atoms with Crippen molar-refractivity contribution in [2.24, 2.45) is 0 Å². The van der Waals surface area contributed by atoms with Crippen LogP contribution in [0.1, 0.15) is 0 Å². The predicted molar refractivity (Wildman–Crippen MR) is 280 cm³/mol. The van der Waals surface area contributed by atoms with Crippen LogP contribution in [0, 0.1) is 0 Å². The Bertz CT molecular complexity index is 3640. The summed E-state index contributed by atoms with van der Waals surface area (Å²) in [4.78, 5) is 2.44. The average molecular weight is 841 g/mol. The Kier molecular flexibility index (Phi) is 9.89. The van der Waals surface area contributed by atoms with E-state index in [2.05, 4.69) is 276 Å². The third-order valence-electron chi connectivity index (χ3n) is 13.0. The predicted octanol–water partition coefficient (Wildman–Crippen LogP) is 17.7. The van der Waals surface area contributed by atoms with Crippen molar-refractivity contribution in [2.75, 3.05) is 4.90 Å². The van der Waals surface area contributed by atoms with Crippen molar-refractivity contribution in [1.29, 1.82) is 0 Å². The summed E-state index contributed by atoms with van der Waals surface area (Å²) in [6.45, 7) is 0. The fourth-order valence-electron chi connectivity index (χ4n) is 9.96. The second kappa shape index (κ2) is 16.8. The van der Waals surface area contributed by atoms with E-state index >= 15 is 0 Å². The first-order valence-electron chi connectivity index (χ1n) is 22.7. The first-order valence-corrected chi connectivity index (χ1v) is 22.7. The van der Waals surface area contributed by atoms with Crippen molar-refractivity contribution in [3.05, 3.63) is 267 Å². The lowest BCUT2D eigenvalue weighted by Crippen LogP contribution is -2.12. The van der Waals surface area contributed by atoms with Gasteiger partial charge < -0.3 is 9.47 Å². The highest BCUT2D eigenvalue weighted by molar-refractivity contribution is 6.09. The summed E-state index contributed by atoms with van der Waals surface area (Å²) >= 11 is 0. The van der Waals surface area contributed by atoms with E-state index in [1.165, 1.54) is 71.5 Å². The summed E-state index contributed by atoms with van der Waals surface area (Å²) in [5.74, 6) is 0. The zero-order valence-corrected chi connectivity index (χ0v) is 36.3. The molecule has 66 heavy (non-hydrogen) atoms. The molecule has 0 aliphatic rings. The van der Waals surface area contributed by atoms with Gasteiger partial charge in [0, 0.05) is 33.4 Å². The van der Waals surface area contributed by atoms with Crippen molar-refractivity contribution in [2.45, 2.75) is 0 Å². The van der Waals surface area contributed by atoms with Gasteiger partial charge in [0.25, 0.3) is 0 Å². The molecule has 1 heterocycles. The quantitative estimate of drug-likeness (QED) is 0.141. The highest BCUT2D eigenvalue weighted by Crippen LogP contribution is 2.49. The van der Waals surface area contributed by atoms with Gasteiger partial charge in [-0.2, -0.15) is 0 Å². The van der Waals surface area contributed by atoms with Gasteiger partial charge in [-0.25, -0.2) is 0 Å². The second-order valence-corrected chi connectivity index (χ2v) is 16.9. The van der Waals surface area contributed by atoms with E-state index < -0.39 is 0 Å². The Labute approximate surface area is 385 Å². The van der Waals surface area contributed by atoms with Gasteiger partial charge in [0.15, 0.2) is 0 Å². The molecule has 11 aromatic carbocycles. The smallest absolute Gasteiger partial charge is 0.0541 e. The summed E-state index contributed by atoms with van der Waals surface area (Å²) in [6.07, 6.45) is 0. The number of hydrogen-bond acceptors (Lipinski definition) is 1. The van der Waals surface area contributed by atoms with Crippen LogP contribution < -0.4 is 4.90 Å². The van der Waals surface area contributed by atoms with Gasteiger partial charge in [-0.15, -0.1) is 0 Å². The van der Waals surface area contributed by atoms with Gasteiger partial charge in [-0.05, 0) is 122 Å². The maximum Gasteiger partial charge on any atom is 0.0541 e. The lowest BCUT2D eigenvalue weighted by atomic mass is 9.84. The van der Waals surface area contributed by atoms with Crippen LogP contribution in [-0.4, -0.2) is 4.57 Å². The number of nitrogens with zero attached hydrogens (tertiary/aromatic N) is 2. The SMILES string of the molecule is c1ccc(-c2ccccc2-c2c(-c3ccccc3)cccc2-c2ccccc2N(c2ccc(-n3c4ccccc4c4ccccc43)cc2)c2cccc(-c3ccc4ccccc4c3)c2)cc1. The minimum atomic E-state index is 1.06. The topological polar surface area (TPSA) is 8.17 Å². The first-order chi connectivity index (χ1) is 32.8. The summed E-state index contributed by atoms with van der Waals surface area (Å²) in [7, 11) is 0. The summed E-state index contributed by atoms with van der Waals surface area (Å²) in [5.41, 5.74) is 18.5. The molecule has 0 saturated carbocycles. The zero-order valence-electron chi connectivity index (χ0n) is 36.3. The van der Waals surface area contributed by atoms with Gasteiger partial charge in [0.05, 0.1) is 16.7 Å². The average Bonchev–Trinajstić information content (AvgIpc) is 3.74. The molecule has 12 aromatic rings. The number of hydrogen-bond donors (Lipinski definition) is 0. The molecule has 2 heteroatoms. The fourth-order valence-corrected chi connectivity index (χ4v) is 9.96. The molecule has 0 aliphatic heterocycles. The number of benzene rings is 11. The molecule has 0 aliphatic carbocycles. The standard InChI is InChI=1S/C64H44N2/c1-3-20-46(21-4-1)54-27-9-10-31-59(54)64-55(47-22-5-2-6-23-47)32-18-33-60(64)58-30-13-14-34-61(58)65(53-26-17-25-49(44-53)50-38-37-45-19-7-8-24-48(45)43-50)51-39-41-52(42-40-51)66-62-35-15-11-28-56(62)57-29-12-16-36-63(57)66/h1-44H. The van der Waals surface area contributed by atoms with Crippen LogP contribution in [0.4, 0.5) is 17.1 Å². The summed E-state index contributed by atoms with van der Waals surface area (Å²) < 4.78 is 2.39. The van der Waals surface area contributed by atoms with E-state index in [0.717, 1.165) is 39.4 Å². The number of aromatic nitrogens is 1. The Balaban J connectivity index is 1.08. The molecule has 1 aromatic heterocycles. The second-order valence-electron chi connectivity index (χ2n) is 16.9. The number of anilines is 3. The lowest BCUT2D eigenvalue weighted by Gasteiger charge is -2.29. The molecule has 0 N–H and O–H groups in total. The van der Waals surface area contributed by atoms with E-state index in [9.17, 15) is 0 Å². The van der Waals surface area contributed by atoms with Crippen molar-refractivity contribution < 1.29 is 0 Å². The van der Waals surface area contributed by atoms with E-state index in [-0.39, 0.29) is 0 Å². The monoisotopic (exact) mass is 840 g/mol. The normalized spacial score (nSPS) is 11.3. The summed E-state index contributed by atoms with van der Waals surface area (Å²) in [5, 5.41) is 4.96. The van der Waals surface area contributed by atoms with Crippen LogP contribution in [0.25, 0.3) is 93.9 Å². The minimum absolute atomic E-state index is 1.06. The van der Waals surface area contributed by atoms with Gasteiger partial charge >= 0.3 is 0 Å². The molecule has 0 radical (unpaired) electrons. The van der Waals surface area contributed by atoms with Crippen molar-refractivity contribution in [3.8, 4) is 61.3 Å². The Morgan fingerprint density at radius 3 is 1.52 bits per heavy atom. The molecule has 0 bridgehead atoms. The van der Waals surface area contributed by atoms with E-state index in [1.54, 1.807) is 0 Å². The zero-order chi connectivity index (χ0) is 43.8. The van der Waals surface area contributed by atoms with Crippen LogP contribution in [0.3, 0.4) is 0 Å². The van der Waals surface area contributed by atoms with Crippen LogP contribution >= 0.6 is 0 Å². The summed E-state index contributed by atoms with van der Waals surface area (Å²) in [6, 6.07) is 97.1. The van der Waals surface area contributed by atoms with Gasteiger partial charge in [0.2, 0.25) is 0 Å². The van der Waals surface area contributed by atoms with Crippen LogP contribution in [0.5, 0.6) is 0 Å². The molecule has 0 atom stereocenters. The Morgan fingerprint density at radius 1 is 0.273 bits per heavy atom. The van der Waals surface area contributed by atoms with E-state index in [1.807, 2.05) is 0 Å². The number of rotatable bonds is 9. The maximum atomic E-state index is 2.44. The van der Waals surface area contributed by atoms with E-state index in [4.69, 9.17) is 0 Å². The molecule has 0 spiro atoms. The van der Waals surface area contributed by atoms with Gasteiger partial charge in [-0.3, -0.25) is 0 Å². The van der Waals surface area contributed by atoms with Crippen molar-refractivity contribution >= 4 is 49.6 Å². The van der Waals surface area contributed by atoms with Crippen LogP contribution in [0.2, 0.25) is 0 Å². The van der Waals surface area contributed by atoms with Gasteiger partial charge in [0.1, 0.15) is 0 Å². The fraction of sp³-hybridized carbons (Fsp3) is 0. The highest BCUT2D eigenvalue weighted by atomic mass is 15.1. The molecule has 0 unspecified atom stereocenters. The number of para-hydroxylation sites is 3. The molecule has 12 rings (SSSR count). The largest absolute Gasteiger partial charge is 0.310 e. The Hall–Kier alpha value is -8.72. The van der Waals surface area contributed by atoms with Crippen LogP contribution in [-0.2, 0) is 0 Å². The maximum absolute atomic E-state index is 2.44. The first kappa shape index (κ1) is 38.9. The van der Waals surface area contributed by atoms with Crippen molar-refractivity contribution in [1.82, 2.24) is 4.57 Å². The Morgan fingerprint density at radius 2 is 0.788 bits per heavy atom. The molecule has 310 valence electrons. The minimum Gasteiger partial charge on any atom is -0.310 e. The number of fused-ring (bicyclic) bond motifs is 4.